The summed E-state index contributed by atoms with van der Waals surface area (Å²) in [4.78, 5) is 74.4. The number of aliphatic carboxylic acids is 1. The molecule has 11 heteroatoms. The van der Waals surface area contributed by atoms with Crippen molar-refractivity contribution in [1.82, 2.24) is 5.32 Å². The van der Waals surface area contributed by atoms with Gasteiger partial charge in [0.15, 0.2) is 18.4 Å². The molecule has 0 bridgehead atoms. The summed E-state index contributed by atoms with van der Waals surface area (Å²) < 4.78 is 5.07. The molecule has 0 heterocycles. The van der Waals surface area contributed by atoms with E-state index in [1.807, 2.05) is 0 Å². The molecule has 0 saturated heterocycles. The molecule has 0 radical (unpaired) electrons. The quantitative estimate of drug-likeness (QED) is 0.299. The van der Waals surface area contributed by atoms with Crippen LogP contribution >= 0.6 is 0 Å². The Morgan fingerprint density at radius 3 is 2.45 bits per heavy atom. The van der Waals surface area contributed by atoms with Gasteiger partial charge in [0, 0.05) is 30.6 Å². The Kier molecular flexibility index (Phi) is 8.12. The van der Waals surface area contributed by atoms with Gasteiger partial charge in [-0.1, -0.05) is 19.4 Å². The molecule has 40 heavy (non-hydrogen) atoms. The van der Waals surface area contributed by atoms with Crippen molar-refractivity contribution in [1.29, 1.82) is 0 Å². The summed E-state index contributed by atoms with van der Waals surface area (Å²) in [5.41, 5.74) is -2.21. The number of carboxylic acid groups (broad SMARTS) is 1. The number of carboxylic acids is 1. The number of ketones is 3. The van der Waals surface area contributed by atoms with Gasteiger partial charge in [-0.2, -0.15) is 0 Å². The molecule has 0 aromatic heterocycles. The van der Waals surface area contributed by atoms with Gasteiger partial charge >= 0.3 is 11.9 Å². The normalized spacial score (nSPS) is 36.3. The fourth-order valence-corrected chi connectivity index (χ4v) is 8.03. The zero-order chi connectivity index (χ0) is 29.6. The lowest BCUT2D eigenvalue weighted by Crippen LogP contribution is -2.61. The smallest absolute Gasteiger partial charge is 0.328 e. The van der Waals surface area contributed by atoms with Crippen molar-refractivity contribution in [3.8, 4) is 0 Å². The average Bonchev–Trinajstić information content (AvgIpc) is 3.15. The van der Waals surface area contributed by atoms with Crippen LogP contribution in [-0.2, 0) is 33.5 Å². The van der Waals surface area contributed by atoms with Crippen molar-refractivity contribution in [2.45, 2.75) is 96.3 Å². The van der Waals surface area contributed by atoms with Gasteiger partial charge in [-0.15, -0.1) is 0 Å². The average molecular weight is 562 g/mol. The van der Waals surface area contributed by atoms with Crippen LogP contribution in [0.25, 0.3) is 0 Å². The number of esters is 1. The minimum atomic E-state index is -1.85. The molecule has 0 aromatic carbocycles. The number of aliphatic hydroxyl groups excluding tert-OH is 1. The van der Waals surface area contributed by atoms with Gasteiger partial charge in [0.25, 0.3) is 0 Å². The second-order valence-corrected chi connectivity index (χ2v) is 12.5. The van der Waals surface area contributed by atoms with Crippen molar-refractivity contribution >= 4 is 35.2 Å². The van der Waals surface area contributed by atoms with Crippen LogP contribution in [0.15, 0.2) is 11.6 Å². The molecular weight excluding hydrogens is 522 g/mol. The van der Waals surface area contributed by atoms with Crippen LogP contribution < -0.4 is 5.32 Å². The molecule has 1 amide bonds. The molecule has 11 nitrogen and oxygen atoms in total. The van der Waals surface area contributed by atoms with E-state index in [9.17, 15) is 39.0 Å². The van der Waals surface area contributed by atoms with Crippen LogP contribution in [0.1, 0.15) is 78.6 Å². The maximum Gasteiger partial charge on any atom is 0.328 e. The lowest BCUT2D eigenvalue weighted by Gasteiger charge is -2.57. The van der Waals surface area contributed by atoms with Crippen molar-refractivity contribution in [3.05, 3.63) is 11.6 Å². The zero-order valence-corrected chi connectivity index (χ0v) is 23.2. The topological polar surface area (TPSA) is 184 Å². The van der Waals surface area contributed by atoms with E-state index in [-0.39, 0.29) is 47.6 Å². The number of nitrogens with one attached hydrogen (secondary N) is 1. The number of hydrogen-bond donors (Lipinski definition) is 4. The Bertz CT molecular complexity index is 1160. The van der Waals surface area contributed by atoms with Gasteiger partial charge < -0.3 is 25.4 Å². The van der Waals surface area contributed by atoms with Crippen LogP contribution in [0, 0.1) is 28.6 Å². The number of allylic oxidation sites excluding steroid dienone is 1. The minimum Gasteiger partial charge on any atom is -0.480 e. The molecule has 0 spiro atoms. The third kappa shape index (κ3) is 5.02. The number of carbonyl (C=O) groups excluding carboxylic acids is 5. The fourth-order valence-electron chi connectivity index (χ4n) is 8.03. The summed E-state index contributed by atoms with van der Waals surface area (Å²) in [6.07, 6.45) is 2.73. The number of ether oxygens (including phenoxy) is 1. The Morgan fingerprint density at radius 1 is 1.10 bits per heavy atom. The van der Waals surface area contributed by atoms with E-state index in [1.165, 1.54) is 6.92 Å². The monoisotopic (exact) mass is 561 g/mol. The SMILES string of the molecule is CC(O)C(NC(=O)CCC(=O)OCC(=O)[C@@]1(O)CC[C@H]2[C@@H]3CCC4=CC(=O)CC[C@]4(C)[C@H]3C(=O)C[C@@]21C)C(=O)O. The minimum absolute atomic E-state index is 0.000746. The number of rotatable bonds is 9. The number of aliphatic hydroxyl groups is 2. The van der Waals surface area contributed by atoms with Crippen molar-refractivity contribution in [3.63, 3.8) is 0 Å². The highest BCUT2D eigenvalue weighted by Gasteiger charge is 2.68. The van der Waals surface area contributed by atoms with E-state index in [0.29, 0.717) is 32.1 Å². The Labute approximate surface area is 232 Å². The van der Waals surface area contributed by atoms with Gasteiger partial charge in [0.2, 0.25) is 11.7 Å². The summed E-state index contributed by atoms with van der Waals surface area (Å²) in [5.74, 6) is -4.01. The van der Waals surface area contributed by atoms with Crippen molar-refractivity contribution < 1.29 is 48.8 Å². The largest absolute Gasteiger partial charge is 0.480 e. The highest BCUT2D eigenvalue weighted by atomic mass is 16.5. The van der Waals surface area contributed by atoms with Gasteiger partial charge in [-0.3, -0.25) is 24.0 Å². The summed E-state index contributed by atoms with van der Waals surface area (Å²) in [6.45, 7) is 4.35. The summed E-state index contributed by atoms with van der Waals surface area (Å²) in [7, 11) is 0. The number of Topliss-reactive ketones (excluding diaryl/α,β-unsaturated/α-hetero) is 2. The van der Waals surface area contributed by atoms with Crippen LogP contribution in [0.4, 0.5) is 0 Å². The van der Waals surface area contributed by atoms with E-state index < -0.39 is 66.2 Å². The van der Waals surface area contributed by atoms with E-state index in [2.05, 4.69) is 12.2 Å². The standard InChI is InChI=1S/C29H39NO10/c1-15(31)25(26(37)38)30-22(35)6-7-23(36)40-14-21(34)29(39)11-9-19-18-5-4-16-12-17(32)8-10-27(16,2)24(18)20(33)13-28(19,29)3/h12,15,18-19,24-25,31,39H,4-11,13-14H2,1-3H3,(H,30,35)(H,37,38)/t15?,18-,19-,24+,25?,27-,28-,29-/m0/s1. The van der Waals surface area contributed by atoms with E-state index in [1.54, 1.807) is 13.0 Å². The Balaban J connectivity index is 1.38. The molecular formula is C29H39NO10. The molecule has 3 fully saturated rings. The highest BCUT2D eigenvalue weighted by molar-refractivity contribution is 5.95. The molecule has 3 saturated carbocycles. The summed E-state index contributed by atoms with van der Waals surface area (Å²) >= 11 is 0. The first-order valence-electron chi connectivity index (χ1n) is 14.0. The zero-order valence-electron chi connectivity index (χ0n) is 23.2. The van der Waals surface area contributed by atoms with Gasteiger partial charge in [0.1, 0.15) is 11.4 Å². The molecule has 4 aliphatic carbocycles. The second-order valence-electron chi connectivity index (χ2n) is 12.5. The molecule has 4 N–H and O–H groups in total. The fraction of sp³-hybridized carbons (Fsp3) is 0.724. The van der Waals surface area contributed by atoms with Gasteiger partial charge in [-0.25, -0.2) is 4.79 Å². The van der Waals surface area contributed by atoms with E-state index in [0.717, 1.165) is 5.57 Å². The van der Waals surface area contributed by atoms with Gasteiger partial charge in [-0.05, 0) is 62.4 Å². The van der Waals surface area contributed by atoms with Crippen LogP contribution in [-0.4, -0.2) is 74.9 Å². The molecule has 2 unspecified atom stereocenters. The molecule has 0 aromatic rings. The highest BCUT2D eigenvalue weighted by Crippen LogP contribution is 2.66. The number of fused-ring (bicyclic) bond motifs is 5. The summed E-state index contributed by atoms with van der Waals surface area (Å²) in [6, 6.07) is -1.52. The van der Waals surface area contributed by atoms with E-state index in [4.69, 9.17) is 9.84 Å². The predicted molar refractivity (Wildman–Crippen MR) is 138 cm³/mol. The predicted octanol–water partition coefficient (Wildman–Crippen LogP) is 1.27. The maximum atomic E-state index is 13.7. The molecule has 220 valence electrons. The number of amides is 1. The summed E-state index contributed by atoms with van der Waals surface area (Å²) in [5, 5.41) is 32.3. The second kappa shape index (κ2) is 10.8. The van der Waals surface area contributed by atoms with Crippen LogP contribution in [0.3, 0.4) is 0 Å². The van der Waals surface area contributed by atoms with Crippen LogP contribution in [0.2, 0.25) is 0 Å². The maximum absolute atomic E-state index is 13.7. The molecule has 0 aliphatic heterocycles. The molecule has 4 aliphatic rings. The first kappa shape index (κ1) is 30.0. The Morgan fingerprint density at radius 2 is 1.80 bits per heavy atom. The lowest BCUT2D eigenvalue weighted by molar-refractivity contribution is -0.173. The van der Waals surface area contributed by atoms with Crippen LogP contribution in [0.5, 0.6) is 0 Å². The third-order valence-electron chi connectivity index (χ3n) is 10.3. The lowest BCUT2D eigenvalue weighted by atomic mass is 9.46. The van der Waals surface area contributed by atoms with E-state index >= 15 is 0 Å². The van der Waals surface area contributed by atoms with Gasteiger partial charge in [0.05, 0.1) is 12.5 Å². The molecule has 8 atom stereocenters. The Hall–Kier alpha value is -2.92. The first-order valence-corrected chi connectivity index (χ1v) is 14.0. The number of hydrogen-bond acceptors (Lipinski definition) is 9. The third-order valence-corrected chi connectivity index (χ3v) is 10.3. The van der Waals surface area contributed by atoms with Crippen molar-refractivity contribution in [2.75, 3.05) is 6.61 Å². The molecule has 4 rings (SSSR count). The number of carbonyl (C=O) groups is 6. The first-order chi connectivity index (χ1) is 18.6. The van der Waals surface area contributed by atoms with Crippen molar-refractivity contribution in [2.24, 2.45) is 28.6 Å².